The molecule has 0 unspecified atom stereocenters. The third kappa shape index (κ3) is 2.52. The number of aromatic carboxylic acids is 1. The minimum absolute atomic E-state index is 0.0799. The molecule has 5 heteroatoms. The molecule has 2 N–H and O–H groups in total. The Morgan fingerprint density at radius 2 is 2.15 bits per heavy atom. The van der Waals surface area contributed by atoms with Gasteiger partial charge in [-0.25, -0.2) is 4.79 Å². The van der Waals surface area contributed by atoms with Gasteiger partial charge in [0, 0.05) is 11.5 Å². The topological polar surface area (TPSA) is 79.4 Å². The molecular weight excluding hydrogens is 258 g/mol. The number of nitrogens with one attached hydrogen (secondary N) is 1. The molecule has 0 spiro atoms. The number of unbranched alkanes of at least 4 members (excludes halogenated alkanes) is 1. The Bertz CT molecular complexity index is 703. The summed E-state index contributed by atoms with van der Waals surface area (Å²) in [5.41, 5.74) is 0.941. The summed E-state index contributed by atoms with van der Waals surface area (Å²) in [6.07, 6.45) is 2.64. The van der Waals surface area contributed by atoms with E-state index in [2.05, 4.69) is 11.9 Å². The Labute approximate surface area is 116 Å². The number of hydrogen-bond acceptors (Lipinski definition) is 3. The van der Waals surface area contributed by atoms with E-state index in [9.17, 15) is 14.7 Å². The third-order valence-electron chi connectivity index (χ3n) is 3.29. The fourth-order valence-corrected chi connectivity index (χ4v) is 2.33. The van der Waals surface area contributed by atoms with Crippen LogP contribution in [0.4, 0.5) is 0 Å². The number of carbonyl (C=O) groups is 1. The molecule has 0 aliphatic carbocycles. The number of methoxy groups -OCH3 is 1. The van der Waals surface area contributed by atoms with Crippen molar-refractivity contribution in [3.63, 3.8) is 0 Å². The largest absolute Gasteiger partial charge is 0.496 e. The predicted octanol–water partition coefficient (Wildman–Crippen LogP) is 2.58. The van der Waals surface area contributed by atoms with Crippen molar-refractivity contribution in [3.05, 3.63) is 39.7 Å². The average molecular weight is 275 g/mol. The molecule has 1 aromatic carbocycles. The molecule has 2 aromatic rings. The lowest BCUT2D eigenvalue weighted by Crippen LogP contribution is -2.11. The van der Waals surface area contributed by atoms with Gasteiger partial charge in [0.05, 0.1) is 18.2 Å². The molecule has 106 valence electrons. The second-order valence-corrected chi connectivity index (χ2v) is 4.63. The van der Waals surface area contributed by atoms with Crippen molar-refractivity contribution in [1.29, 1.82) is 0 Å². The summed E-state index contributed by atoms with van der Waals surface area (Å²) in [7, 11) is 1.53. The van der Waals surface area contributed by atoms with Crippen LogP contribution >= 0.6 is 0 Å². The second kappa shape index (κ2) is 5.77. The third-order valence-corrected chi connectivity index (χ3v) is 3.29. The molecule has 1 aromatic heterocycles. The maximum atomic E-state index is 11.8. The van der Waals surface area contributed by atoms with Crippen LogP contribution < -0.4 is 10.3 Å². The second-order valence-electron chi connectivity index (χ2n) is 4.63. The number of H-pyrrole nitrogens is 1. The zero-order valence-corrected chi connectivity index (χ0v) is 11.5. The molecule has 0 amide bonds. The van der Waals surface area contributed by atoms with E-state index in [0.717, 1.165) is 24.8 Å². The number of pyridine rings is 1. The van der Waals surface area contributed by atoms with Gasteiger partial charge in [0.25, 0.3) is 0 Å². The van der Waals surface area contributed by atoms with Crippen molar-refractivity contribution in [2.75, 3.05) is 7.11 Å². The molecule has 0 saturated heterocycles. The van der Waals surface area contributed by atoms with Crippen LogP contribution in [0.15, 0.2) is 23.0 Å². The lowest BCUT2D eigenvalue weighted by molar-refractivity contribution is 0.0699. The Morgan fingerprint density at radius 3 is 2.75 bits per heavy atom. The molecule has 20 heavy (non-hydrogen) atoms. The highest BCUT2D eigenvalue weighted by Gasteiger charge is 2.16. The molecule has 0 saturated carbocycles. The Morgan fingerprint density at radius 1 is 1.40 bits per heavy atom. The summed E-state index contributed by atoms with van der Waals surface area (Å²) in [5.74, 6) is -0.492. The summed E-state index contributed by atoms with van der Waals surface area (Å²) in [6.45, 7) is 2.06. The zero-order chi connectivity index (χ0) is 14.7. The van der Waals surface area contributed by atoms with Crippen molar-refractivity contribution in [1.82, 2.24) is 4.98 Å². The van der Waals surface area contributed by atoms with Gasteiger partial charge in [-0.1, -0.05) is 13.3 Å². The lowest BCUT2D eigenvalue weighted by atomic mass is 10.00. The lowest BCUT2D eigenvalue weighted by Gasteiger charge is -2.12. The highest BCUT2D eigenvalue weighted by Crippen LogP contribution is 2.30. The maximum Gasteiger partial charge on any atom is 0.337 e. The molecule has 0 bridgehead atoms. The number of carboxylic acid groups (broad SMARTS) is 1. The smallest absolute Gasteiger partial charge is 0.337 e. The van der Waals surface area contributed by atoms with E-state index in [0.29, 0.717) is 16.7 Å². The standard InChI is InChI=1S/C15H17NO4/c1-3-4-5-9-8-12(17)16-14-10(15(18)19)6-7-11(20-2)13(9)14/h6-8H,3-5H2,1-2H3,(H,16,17)(H,18,19). The molecule has 0 aliphatic heterocycles. The van der Waals surface area contributed by atoms with Crippen molar-refractivity contribution in [2.24, 2.45) is 0 Å². The maximum absolute atomic E-state index is 11.8. The number of fused-ring (bicyclic) bond motifs is 1. The quantitative estimate of drug-likeness (QED) is 0.879. The van der Waals surface area contributed by atoms with E-state index in [1.54, 1.807) is 6.07 Å². The monoisotopic (exact) mass is 275 g/mol. The van der Waals surface area contributed by atoms with E-state index in [-0.39, 0.29) is 11.1 Å². The Kier molecular flexibility index (Phi) is 4.08. The molecule has 2 rings (SSSR count). The van der Waals surface area contributed by atoms with Crippen molar-refractivity contribution in [3.8, 4) is 5.75 Å². The van der Waals surface area contributed by atoms with E-state index in [1.165, 1.54) is 19.2 Å². The van der Waals surface area contributed by atoms with Gasteiger partial charge in [-0.05, 0) is 30.5 Å². The summed E-state index contributed by atoms with van der Waals surface area (Å²) in [6, 6.07) is 4.59. The van der Waals surface area contributed by atoms with Crippen LogP contribution in [0.5, 0.6) is 5.75 Å². The van der Waals surface area contributed by atoms with Gasteiger partial charge in [-0.2, -0.15) is 0 Å². The van der Waals surface area contributed by atoms with Crippen LogP contribution in [0.3, 0.4) is 0 Å². The molecule has 5 nitrogen and oxygen atoms in total. The normalized spacial score (nSPS) is 10.7. The summed E-state index contributed by atoms with van der Waals surface area (Å²) < 4.78 is 5.31. The highest BCUT2D eigenvalue weighted by molar-refractivity contribution is 6.04. The number of carboxylic acids is 1. The van der Waals surface area contributed by atoms with Gasteiger partial charge in [0.2, 0.25) is 5.56 Å². The van der Waals surface area contributed by atoms with Crippen LogP contribution in [0.2, 0.25) is 0 Å². The first-order chi connectivity index (χ1) is 9.58. The molecule has 1 heterocycles. The van der Waals surface area contributed by atoms with E-state index < -0.39 is 5.97 Å². The summed E-state index contributed by atoms with van der Waals surface area (Å²) >= 11 is 0. The van der Waals surface area contributed by atoms with Crippen LogP contribution in [0.25, 0.3) is 10.9 Å². The van der Waals surface area contributed by atoms with Gasteiger partial charge in [0.15, 0.2) is 0 Å². The summed E-state index contributed by atoms with van der Waals surface area (Å²) in [5, 5.41) is 9.92. The Balaban J connectivity index is 2.81. The van der Waals surface area contributed by atoms with Crippen LogP contribution in [0.1, 0.15) is 35.7 Å². The van der Waals surface area contributed by atoms with E-state index in [4.69, 9.17) is 4.74 Å². The summed E-state index contributed by atoms with van der Waals surface area (Å²) in [4.78, 5) is 25.7. The highest BCUT2D eigenvalue weighted by atomic mass is 16.5. The fraction of sp³-hybridized carbons (Fsp3) is 0.333. The number of ether oxygens (including phenoxy) is 1. The van der Waals surface area contributed by atoms with Gasteiger partial charge >= 0.3 is 5.97 Å². The first kappa shape index (κ1) is 14.1. The molecular formula is C15H17NO4. The van der Waals surface area contributed by atoms with Crippen LogP contribution in [-0.4, -0.2) is 23.2 Å². The Hall–Kier alpha value is -2.30. The number of aryl methyl sites for hydroxylation is 1. The average Bonchev–Trinajstić information content (AvgIpc) is 2.42. The van der Waals surface area contributed by atoms with Gasteiger partial charge < -0.3 is 14.8 Å². The number of aromatic nitrogens is 1. The van der Waals surface area contributed by atoms with Crippen LogP contribution in [0, 0.1) is 0 Å². The minimum atomic E-state index is -1.07. The molecule has 0 atom stereocenters. The van der Waals surface area contributed by atoms with Crippen molar-refractivity contribution >= 4 is 16.9 Å². The first-order valence-electron chi connectivity index (χ1n) is 6.54. The van der Waals surface area contributed by atoms with E-state index in [1.807, 2.05) is 0 Å². The van der Waals surface area contributed by atoms with E-state index >= 15 is 0 Å². The predicted molar refractivity (Wildman–Crippen MR) is 76.7 cm³/mol. The number of benzene rings is 1. The number of aromatic amines is 1. The fourth-order valence-electron chi connectivity index (χ4n) is 2.33. The van der Waals surface area contributed by atoms with Gasteiger partial charge in [-0.3, -0.25) is 4.79 Å². The van der Waals surface area contributed by atoms with Gasteiger partial charge in [-0.15, -0.1) is 0 Å². The number of rotatable bonds is 5. The molecule has 0 radical (unpaired) electrons. The van der Waals surface area contributed by atoms with Crippen LogP contribution in [-0.2, 0) is 6.42 Å². The number of hydrogen-bond donors (Lipinski definition) is 2. The molecule has 0 aliphatic rings. The first-order valence-corrected chi connectivity index (χ1v) is 6.54. The minimum Gasteiger partial charge on any atom is -0.496 e. The van der Waals surface area contributed by atoms with Gasteiger partial charge in [0.1, 0.15) is 5.75 Å². The molecule has 0 fully saturated rings. The SMILES string of the molecule is CCCCc1cc(=O)[nH]c2c(C(=O)O)ccc(OC)c12. The zero-order valence-electron chi connectivity index (χ0n) is 11.5. The van der Waals surface area contributed by atoms with Crippen molar-refractivity contribution < 1.29 is 14.6 Å². The van der Waals surface area contributed by atoms with Crippen molar-refractivity contribution in [2.45, 2.75) is 26.2 Å².